The molecule has 0 saturated carbocycles. The van der Waals surface area contributed by atoms with Crippen molar-refractivity contribution < 1.29 is 87.4 Å². The van der Waals surface area contributed by atoms with Gasteiger partial charge in [0, 0.05) is 121 Å². The zero-order valence-corrected chi connectivity index (χ0v) is 58.0. The van der Waals surface area contributed by atoms with E-state index in [0.29, 0.717) is 12.0 Å². The number of thiazole rings is 1. The fourth-order valence-electron chi connectivity index (χ4n) is 12.9. The number of ether oxygens (including phenoxy) is 3. The minimum atomic E-state index is -1.71. The van der Waals surface area contributed by atoms with Crippen molar-refractivity contribution in [2.24, 2.45) is 35.3 Å². The van der Waals surface area contributed by atoms with Crippen LogP contribution in [-0.2, 0) is 63.8 Å². The van der Waals surface area contributed by atoms with Crippen LogP contribution in [0.4, 0.5) is 0 Å². The third-order valence-corrected chi connectivity index (χ3v) is 20.0. The van der Waals surface area contributed by atoms with Gasteiger partial charge in [-0.15, -0.1) is 11.3 Å². The number of aliphatic hydroxyl groups excluding tert-OH is 4. The molecule has 3 saturated heterocycles. The van der Waals surface area contributed by atoms with Crippen molar-refractivity contribution in [3.05, 3.63) is 58.1 Å². The van der Waals surface area contributed by atoms with Crippen molar-refractivity contribution in [1.29, 1.82) is 0 Å². The molecule has 0 radical (unpaired) electrons. The highest BCUT2D eigenvalue weighted by atomic mass is 32.1. The zero-order chi connectivity index (χ0) is 70.8. The number of likely N-dealkylation sites (tertiary alicyclic amines) is 1. The Labute approximate surface area is 566 Å². The Kier molecular flexibility index (Phi) is 29.6. The number of Topliss-reactive ketones (excluding diaryl/α,β-unsaturated/α-hetero) is 2. The molecule has 1 aromatic heterocycles. The summed E-state index contributed by atoms with van der Waals surface area (Å²) in [5.41, 5.74) is 5.85. The SMILES string of the molecule is CC[C@H](C)C(CC(=O)C1CCCCN1C)C(=O)N(C)[C@H](C[C@@H](OC(C)=O)c1nc(C(=O)N(C)[C@@H](Cc2ccc(OC3OC(CO)C(O)C(O)C3O)cc2)C(=O)C[C@@H](CCCCC(N)=O)C(=O)N[C@H](C(=O)N2CCN(C(=O)CCCN3C(=O)C=CC3=O)CC2)C(C)C)cs1)C(C)C. The summed E-state index contributed by atoms with van der Waals surface area (Å²) in [6, 6.07) is 2.94. The third kappa shape index (κ3) is 21.0. The molecule has 28 heteroatoms. The van der Waals surface area contributed by atoms with E-state index in [4.69, 9.17) is 24.9 Å². The number of carbonyl (C=O) groups is 11. The van der Waals surface area contributed by atoms with Crippen LogP contribution in [-0.4, -0.2) is 241 Å². The van der Waals surface area contributed by atoms with Gasteiger partial charge in [0.1, 0.15) is 46.9 Å². The number of piperidine rings is 1. The Bertz CT molecular complexity index is 3040. The topological polar surface area (TPSA) is 367 Å². The van der Waals surface area contributed by atoms with E-state index in [2.05, 4.69) is 10.2 Å². The molecular weight excluding hydrogens is 1260 g/mol. The van der Waals surface area contributed by atoms with Gasteiger partial charge in [-0.25, -0.2) is 4.98 Å². The van der Waals surface area contributed by atoms with Gasteiger partial charge in [-0.2, -0.15) is 0 Å². The minimum absolute atomic E-state index is 0.00458. The number of benzene rings is 1. The van der Waals surface area contributed by atoms with Gasteiger partial charge >= 0.3 is 5.97 Å². The smallest absolute Gasteiger partial charge is 0.303 e. The summed E-state index contributed by atoms with van der Waals surface area (Å²) in [6.45, 7) is 13.5. The van der Waals surface area contributed by atoms with Gasteiger partial charge in [0.2, 0.25) is 35.8 Å². The number of piperazine rings is 1. The summed E-state index contributed by atoms with van der Waals surface area (Å²) >= 11 is 1.04. The number of aromatic nitrogens is 1. The number of hydrogen-bond acceptors (Lipinski definition) is 21. The Balaban J connectivity index is 1.24. The average molecular weight is 1360 g/mol. The summed E-state index contributed by atoms with van der Waals surface area (Å²) in [7, 11) is 5.04. The summed E-state index contributed by atoms with van der Waals surface area (Å²) in [5, 5.41) is 45.8. The maximum absolute atomic E-state index is 15.3. The van der Waals surface area contributed by atoms with E-state index in [1.165, 1.54) is 48.5 Å². The second kappa shape index (κ2) is 36.5. The maximum atomic E-state index is 15.3. The molecule has 27 nitrogen and oxygen atoms in total. The van der Waals surface area contributed by atoms with Crippen LogP contribution in [0.1, 0.15) is 159 Å². The molecule has 7 unspecified atom stereocenters. The first-order valence-corrected chi connectivity index (χ1v) is 34.5. The molecule has 0 aliphatic carbocycles. The highest BCUT2D eigenvalue weighted by molar-refractivity contribution is 7.09. The number of rotatable bonds is 35. The van der Waals surface area contributed by atoms with Crippen LogP contribution in [0, 0.1) is 29.6 Å². The van der Waals surface area contributed by atoms with E-state index in [-0.39, 0.29) is 142 Å². The number of primary amides is 1. The van der Waals surface area contributed by atoms with Crippen LogP contribution >= 0.6 is 11.3 Å². The molecule has 4 aliphatic rings. The fraction of sp³-hybridized carbons (Fsp3) is 0.676. The number of amides is 8. The average Bonchev–Trinajstić information content (AvgIpc) is 1.15. The lowest BCUT2D eigenvalue weighted by atomic mass is 9.83. The number of imide groups is 1. The Morgan fingerprint density at radius 1 is 0.823 bits per heavy atom. The maximum Gasteiger partial charge on any atom is 0.303 e. The van der Waals surface area contributed by atoms with E-state index >= 15 is 4.79 Å². The lowest BCUT2D eigenvalue weighted by Gasteiger charge is -2.39. The van der Waals surface area contributed by atoms with Crippen molar-refractivity contribution in [3.63, 3.8) is 0 Å². The molecule has 532 valence electrons. The number of nitrogens with zero attached hydrogens (tertiary/aromatic N) is 7. The number of aliphatic hydroxyl groups is 4. The van der Waals surface area contributed by atoms with Crippen LogP contribution in [0.5, 0.6) is 5.75 Å². The Morgan fingerprint density at radius 2 is 1.48 bits per heavy atom. The minimum Gasteiger partial charge on any atom is -0.462 e. The van der Waals surface area contributed by atoms with Crippen molar-refractivity contribution >= 4 is 76.1 Å². The molecular formula is C68H101N9O18S. The van der Waals surface area contributed by atoms with Gasteiger partial charge in [-0.3, -0.25) is 62.5 Å². The number of nitrogens with one attached hydrogen (secondary N) is 1. The Hall–Kier alpha value is -7.08. The zero-order valence-electron chi connectivity index (χ0n) is 57.2. The number of ketones is 2. The van der Waals surface area contributed by atoms with Gasteiger partial charge in [-0.05, 0) is 87.6 Å². The summed E-state index contributed by atoms with van der Waals surface area (Å²) in [5.74, 6) is -7.17. The van der Waals surface area contributed by atoms with Crippen LogP contribution in [0.15, 0.2) is 41.8 Å². The largest absolute Gasteiger partial charge is 0.462 e. The summed E-state index contributed by atoms with van der Waals surface area (Å²) in [4.78, 5) is 164. The molecule has 6 rings (SSSR count). The lowest BCUT2D eigenvalue weighted by Crippen LogP contribution is -2.60. The van der Waals surface area contributed by atoms with Crippen molar-refractivity contribution in [1.82, 2.24) is 39.7 Å². The Morgan fingerprint density at radius 3 is 2.07 bits per heavy atom. The van der Waals surface area contributed by atoms with Crippen molar-refractivity contribution in [3.8, 4) is 5.75 Å². The van der Waals surface area contributed by atoms with Crippen molar-refractivity contribution in [2.45, 2.75) is 199 Å². The molecule has 1 aromatic carbocycles. The number of esters is 1. The molecule has 3 fully saturated rings. The summed E-state index contributed by atoms with van der Waals surface area (Å²) in [6.07, 6.45) is -2.67. The number of hydrogen-bond donors (Lipinski definition) is 6. The highest BCUT2D eigenvalue weighted by Gasteiger charge is 2.45. The van der Waals surface area contributed by atoms with E-state index < -0.39 is 133 Å². The van der Waals surface area contributed by atoms with Gasteiger partial charge in [0.05, 0.1) is 18.7 Å². The molecule has 96 heavy (non-hydrogen) atoms. The predicted molar refractivity (Wildman–Crippen MR) is 352 cm³/mol. The molecule has 5 heterocycles. The first-order valence-electron chi connectivity index (χ1n) is 33.6. The number of nitrogens with two attached hydrogens (primary N) is 1. The quantitative estimate of drug-likeness (QED) is 0.0328. The normalized spacial score (nSPS) is 22.2. The fourth-order valence-corrected chi connectivity index (χ4v) is 13.7. The number of unbranched alkanes of at least 4 members (excludes halogenated alkanes) is 1. The van der Waals surface area contributed by atoms with Crippen molar-refractivity contribution in [2.75, 3.05) is 67.0 Å². The second-order valence-electron chi connectivity index (χ2n) is 26.7. The third-order valence-electron chi connectivity index (χ3n) is 19.1. The van der Waals surface area contributed by atoms with E-state index in [0.717, 1.165) is 42.0 Å². The molecule has 0 spiro atoms. The molecule has 13 atom stereocenters. The van der Waals surface area contributed by atoms with Gasteiger partial charge in [0.15, 0.2) is 17.7 Å². The summed E-state index contributed by atoms with van der Waals surface area (Å²) < 4.78 is 17.3. The highest BCUT2D eigenvalue weighted by Crippen LogP contribution is 2.34. The van der Waals surface area contributed by atoms with Gasteiger partial charge in [0.25, 0.3) is 17.7 Å². The molecule has 4 aliphatic heterocycles. The molecule has 8 amide bonds. The molecule has 7 N–H and O–H groups in total. The van der Waals surface area contributed by atoms with Crippen LogP contribution in [0.3, 0.4) is 0 Å². The first-order chi connectivity index (χ1) is 45.5. The number of likely N-dealkylation sites (N-methyl/N-ethyl adjacent to an activating group) is 2. The standard InChI is InChI=1S/C68H101N9O18S/c1-11-41(6)46(35-52(81)48-18-14-15-27-72(48)8)65(90)73(9)49(39(2)3)36-53(93-42(7)79)64-70-47(38-96-64)66(91)74(10)50(33-43-21-23-45(24-22-43)94-68-62(88)61(87)60(86)54(37-78)95-68)51(80)34-44(17-12-13-19-55(69)82)63(89)71-59(40(4)5)67(92)76-31-29-75(30-32-76)56(83)20-16-28-77-57(84)25-26-58(77)85/h21-26,38-41,44,46,48-50,53-54,59-62,68,78,86-88H,11-20,27-37H2,1-10H3,(H2,69,82)(H,71,89)/t41-,44+,46?,48?,49+,50-,53+,54?,59-,60?,61?,62?,68?/m0/s1. The first kappa shape index (κ1) is 77.9. The number of carbonyl (C=O) groups excluding carboxylic acids is 11. The molecule has 2 aromatic rings. The van der Waals surface area contributed by atoms with Gasteiger partial charge in [-0.1, -0.05) is 72.9 Å². The van der Waals surface area contributed by atoms with Crippen LogP contribution in [0.2, 0.25) is 0 Å². The van der Waals surface area contributed by atoms with E-state index in [9.17, 15) is 68.4 Å². The van der Waals surface area contributed by atoms with Crippen LogP contribution in [0.25, 0.3) is 0 Å². The van der Waals surface area contributed by atoms with E-state index in [1.54, 1.807) is 47.7 Å². The van der Waals surface area contributed by atoms with Gasteiger partial charge < -0.3 is 65.3 Å². The lowest BCUT2D eigenvalue weighted by molar-refractivity contribution is -0.277. The monoisotopic (exact) mass is 1360 g/mol. The van der Waals surface area contributed by atoms with E-state index in [1.807, 2.05) is 34.7 Å². The second-order valence-corrected chi connectivity index (χ2v) is 27.6. The van der Waals surface area contributed by atoms with Crippen LogP contribution < -0.4 is 15.8 Å². The molecule has 0 bridgehead atoms. The predicted octanol–water partition coefficient (Wildman–Crippen LogP) is 2.73.